The molecule has 0 unspecified atom stereocenters. The molecule has 2 aromatic carbocycles. The van der Waals surface area contributed by atoms with Crippen LogP contribution in [0.3, 0.4) is 0 Å². The lowest BCUT2D eigenvalue weighted by atomic mass is 10.1. The summed E-state index contributed by atoms with van der Waals surface area (Å²) >= 11 is 0. The van der Waals surface area contributed by atoms with Crippen molar-refractivity contribution in [3.8, 4) is 0 Å². The van der Waals surface area contributed by atoms with Crippen molar-refractivity contribution >= 4 is 29.2 Å². The Morgan fingerprint density at radius 3 is 2.21 bits per heavy atom. The van der Waals surface area contributed by atoms with Gasteiger partial charge in [-0.1, -0.05) is 29.8 Å². The summed E-state index contributed by atoms with van der Waals surface area (Å²) in [4.78, 5) is 49.0. The van der Waals surface area contributed by atoms with Gasteiger partial charge < -0.3 is 5.32 Å². The highest BCUT2D eigenvalue weighted by atomic mass is 16.2. The van der Waals surface area contributed by atoms with Crippen LogP contribution in [0.25, 0.3) is 0 Å². The Kier molecular flexibility index (Phi) is 3.73. The van der Waals surface area contributed by atoms with E-state index in [0.717, 1.165) is 10.5 Å². The second-order valence-corrected chi connectivity index (χ2v) is 5.58. The van der Waals surface area contributed by atoms with Gasteiger partial charge in [0.05, 0.1) is 11.1 Å². The van der Waals surface area contributed by atoms with Crippen molar-refractivity contribution in [2.45, 2.75) is 6.92 Å². The first kappa shape index (κ1) is 15.6. The highest BCUT2D eigenvalue weighted by Gasteiger charge is 2.32. The van der Waals surface area contributed by atoms with Crippen LogP contribution in [0.2, 0.25) is 0 Å². The average molecular weight is 322 g/mol. The number of amides is 3. The van der Waals surface area contributed by atoms with Gasteiger partial charge in [-0.25, -0.2) is 0 Å². The molecule has 0 bridgehead atoms. The Morgan fingerprint density at radius 1 is 0.917 bits per heavy atom. The van der Waals surface area contributed by atoms with Crippen LogP contribution in [0.5, 0.6) is 0 Å². The van der Waals surface area contributed by atoms with Crippen molar-refractivity contribution in [1.29, 1.82) is 0 Å². The number of hydrogen-bond acceptors (Lipinski definition) is 4. The number of anilines is 1. The zero-order valence-corrected chi connectivity index (χ0v) is 13.1. The van der Waals surface area contributed by atoms with E-state index < -0.39 is 17.6 Å². The second-order valence-electron chi connectivity index (χ2n) is 5.58. The van der Waals surface area contributed by atoms with Crippen molar-refractivity contribution in [2.75, 3.05) is 12.4 Å². The lowest BCUT2D eigenvalue weighted by Gasteiger charge is -2.06. The van der Waals surface area contributed by atoms with Gasteiger partial charge in [-0.2, -0.15) is 0 Å². The van der Waals surface area contributed by atoms with E-state index in [1.54, 1.807) is 24.3 Å². The first-order valence-electron chi connectivity index (χ1n) is 7.27. The molecule has 0 fully saturated rings. The van der Waals surface area contributed by atoms with Crippen LogP contribution in [-0.2, 0) is 4.79 Å². The summed E-state index contributed by atoms with van der Waals surface area (Å²) < 4.78 is 0. The standard InChI is InChI=1S/C18H14N2O4/c1-10-3-5-11(6-4-10)15(21)16(22)19-12-7-8-13-14(9-12)18(24)20(2)17(13)23/h3-9H,1-2H3,(H,19,22). The molecular weight excluding hydrogens is 308 g/mol. The third-order valence-electron chi connectivity index (χ3n) is 3.87. The molecule has 6 heteroatoms. The molecule has 1 N–H and O–H groups in total. The zero-order chi connectivity index (χ0) is 17.4. The molecule has 0 saturated heterocycles. The van der Waals surface area contributed by atoms with Crippen molar-refractivity contribution in [2.24, 2.45) is 0 Å². The Bertz CT molecular complexity index is 884. The van der Waals surface area contributed by atoms with Gasteiger partial charge in [0.15, 0.2) is 0 Å². The van der Waals surface area contributed by atoms with Gasteiger partial charge in [0.25, 0.3) is 23.5 Å². The minimum absolute atomic E-state index is 0.211. The molecule has 0 radical (unpaired) electrons. The van der Waals surface area contributed by atoms with Crippen molar-refractivity contribution in [1.82, 2.24) is 4.90 Å². The molecule has 120 valence electrons. The number of carbonyl (C=O) groups excluding carboxylic acids is 4. The quantitative estimate of drug-likeness (QED) is 0.532. The Balaban J connectivity index is 1.81. The van der Waals surface area contributed by atoms with Gasteiger partial charge >= 0.3 is 0 Å². The maximum atomic E-state index is 12.1. The fourth-order valence-electron chi connectivity index (χ4n) is 2.46. The van der Waals surface area contributed by atoms with E-state index in [9.17, 15) is 19.2 Å². The molecule has 1 heterocycles. The molecule has 0 saturated carbocycles. The number of aryl methyl sites for hydroxylation is 1. The minimum atomic E-state index is -0.802. The number of rotatable bonds is 3. The van der Waals surface area contributed by atoms with Crippen molar-refractivity contribution in [3.05, 3.63) is 64.7 Å². The number of carbonyl (C=O) groups is 4. The first-order chi connectivity index (χ1) is 11.4. The van der Waals surface area contributed by atoms with Gasteiger partial charge in [0.2, 0.25) is 0 Å². The maximum Gasteiger partial charge on any atom is 0.296 e. The predicted molar refractivity (Wildman–Crippen MR) is 87.0 cm³/mol. The van der Waals surface area contributed by atoms with E-state index in [4.69, 9.17) is 0 Å². The smallest absolute Gasteiger partial charge is 0.296 e. The van der Waals surface area contributed by atoms with Crippen LogP contribution in [0.15, 0.2) is 42.5 Å². The number of hydrogen-bond donors (Lipinski definition) is 1. The van der Waals surface area contributed by atoms with Gasteiger partial charge in [-0.05, 0) is 25.1 Å². The normalized spacial score (nSPS) is 13.0. The number of nitrogens with zero attached hydrogens (tertiary/aromatic N) is 1. The molecule has 0 atom stereocenters. The lowest BCUT2D eigenvalue weighted by Crippen LogP contribution is -2.24. The van der Waals surface area contributed by atoms with E-state index in [2.05, 4.69) is 5.32 Å². The van der Waals surface area contributed by atoms with Crippen molar-refractivity contribution < 1.29 is 19.2 Å². The van der Waals surface area contributed by atoms with Crippen LogP contribution in [-0.4, -0.2) is 35.5 Å². The predicted octanol–water partition coefficient (Wildman–Crippen LogP) is 2.04. The van der Waals surface area contributed by atoms with E-state index in [-0.39, 0.29) is 28.3 Å². The molecule has 2 aromatic rings. The average Bonchev–Trinajstić information content (AvgIpc) is 2.79. The Morgan fingerprint density at radius 2 is 1.54 bits per heavy atom. The van der Waals surface area contributed by atoms with Gasteiger partial charge in [0.1, 0.15) is 0 Å². The van der Waals surface area contributed by atoms with Gasteiger partial charge in [-0.15, -0.1) is 0 Å². The Labute approximate surface area is 138 Å². The molecule has 1 aliphatic rings. The minimum Gasteiger partial charge on any atom is -0.319 e. The van der Waals surface area contributed by atoms with Crippen LogP contribution in [0, 0.1) is 6.92 Å². The van der Waals surface area contributed by atoms with E-state index in [1.807, 2.05) is 6.92 Å². The van der Waals surface area contributed by atoms with Crippen LogP contribution < -0.4 is 5.32 Å². The molecule has 6 nitrogen and oxygen atoms in total. The monoisotopic (exact) mass is 322 g/mol. The highest BCUT2D eigenvalue weighted by molar-refractivity contribution is 6.46. The van der Waals surface area contributed by atoms with Gasteiger partial charge in [0, 0.05) is 18.3 Å². The fourth-order valence-corrected chi connectivity index (χ4v) is 2.46. The molecule has 3 amide bonds. The molecule has 1 aliphatic heterocycles. The molecular formula is C18H14N2O4. The fraction of sp³-hybridized carbons (Fsp3) is 0.111. The van der Waals surface area contributed by atoms with Gasteiger partial charge in [-0.3, -0.25) is 24.1 Å². The second kappa shape index (κ2) is 5.73. The molecule has 0 aliphatic carbocycles. The third kappa shape index (κ3) is 2.58. The molecule has 0 aromatic heterocycles. The highest BCUT2D eigenvalue weighted by Crippen LogP contribution is 2.24. The number of imide groups is 1. The summed E-state index contributed by atoms with van der Waals surface area (Å²) in [5, 5.41) is 2.46. The van der Waals surface area contributed by atoms with E-state index in [1.165, 1.54) is 25.2 Å². The largest absolute Gasteiger partial charge is 0.319 e. The molecule has 0 spiro atoms. The summed E-state index contributed by atoms with van der Waals surface area (Å²) in [5.74, 6) is -2.29. The summed E-state index contributed by atoms with van der Waals surface area (Å²) in [6, 6.07) is 11.0. The first-order valence-corrected chi connectivity index (χ1v) is 7.27. The van der Waals surface area contributed by atoms with Crippen molar-refractivity contribution in [3.63, 3.8) is 0 Å². The van der Waals surface area contributed by atoms with E-state index in [0.29, 0.717) is 0 Å². The van der Waals surface area contributed by atoms with Crippen LogP contribution >= 0.6 is 0 Å². The Hall–Kier alpha value is -3.28. The maximum absolute atomic E-state index is 12.1. The topological polar surface area (TPSA) is 83.6 Å². The third-order valence-corrected chi connectivity index (χ3v) is 3.87. The van der Waals surface area contributed by atoms with Crippen LogP contribution in [0.1, 0.15) is 36.6 Å². The lowest BCUT2D eigenvalue weighted by molar-refractivity contribution is -0.112. The molecule has 24 heavy (non-hydrogen) atoms. The zero-order valence-electron chi connectivity index (χ0n) is 13.1. The molecule has 3 rings (SSSR count). The summed E-state index contributed by atoms with van der Waals surface area (Å²) in [5.41, 5.74) is 2.05. The summed E-state index contributed by atoms with van der Waals surface area (Å²) in [6.07, 6.45) is 0. The number of fused-ring (bicyclic) bond motifs is 1. The number of ketones is 1. The van der Waals surface area contributed by atoms with E-state index >= 15 is 0 Å². The number of nitrogens with one attached hydrogen (secondary N) is 1. The number of Topliss-reactive ketones (excluding diaryl/α,β-unsaturated/α-hetero) is 1. The summed E-state index contributed by atoms with van der Waals surface area (Å²) in [6.45, 7) is 1.88. The SMILES string of the molecule is Cc1ccc(C(=O)C(=O)Nc2ccc3c(c2)C(=O)N(C)C3=O)cc1. The van der Waals surface area contributed by atoms with Crippen LogP contribution in [0.4, 0.5) is 5.69 Å². The number of benzene rings is 2. The summed E-state index contributed by atoms with van der Waals surface area (Å²) in [7, 11) is 1.39.